The predicted molar refractivity (Wildman–Crippen MR) is 93.7 cm³/mol. The van der Waals surface area contributed by atoms with Crippen LogP contribution in [-0.2, 0) is 4.79 Å². The van der Waals surface area contributed by atoms with Crippen molar-refractivity contribution in [1.82, 2.24) is 10.6 Å². The quantitative estimate of drug-likeness (QED) is 0.883. The van der Waals surface area contributed by atoms with Gasteiger partial charge in [0.15, 0.2) is 0 Å². The van der Waals surface area contributed by atoms with Crippen molar-refractivity contribution in [3.63, 3.8) is 0 Å². The van der Waals surface area contributed by atoms with E-state index in [2.05, 4.69) is 30.5 Å². The minimum atomic E-state index is -0.592. The zero-order valence-electron chi connectivity index (χ0n) is 13.8. The Balaban J connectivity index is 1.95. The van der Waals surface area contributed by atoms with Crippen LogP contribution in [0.3, 0.4) is 0 Å². The molecule has 0 radical (unpaired) electrons. The van der Waals surface area contributed by atoms with E-state index < -0.39 is 6.04 Å². The van der Waals surface area contributed by atoms with Gasteiger partial charge in [-0.15, -0.1) is 11.3 Å². The molecule has 0 bridgehead atoms. The molecule has 2 rings (SSSR count). The van der Waals surface area contributed by atoms with E-state index in [0.29, 0.717) is 5.56 Å². The molecule has 0 aliphatic rings. The molecule has 5 heteroatoms. The number of carbonyl (C=O) groups excluding carboxylic acids is 2. The fourth-order valence-corrected chi connectivity index (χ4v) is 3.45. The van der Waals surface area contributed by atoms with Crippen LogP contribution in [0.5, 0.6) is 0 Å². The third-order valence-corrected chi connectivity index (χ3v) is 4.66. The lowest BCUT2D eigenvalue weighted by atomic mass is 10.1. The second kappa shape index (κ2) is 7.42. The summed E-state index contributed by atoms with van der Waals surface area (Å²) >= 11 is 1.72. The van der Waals surface area contributed by atoms with Crippen LogP contribution in [0.15, 0.2) is 36.4 Å². The van der Waals surface area contributed by atoms with Gasteiger partial charge in [0.1, 0.15) is 6.04 Å². The number of benzene rings is 1. The average Bonchev–Trinajstić information content (AvgIpc) is 2.86. The van der Waals surface area contributed by atoms with Crippen LogP contribution in [0.25, 0.3) is 0 Å². The molecule has 1 aromatic heterocycles. The predicted octanol–water partition coefficient (Wildman–Crippen LogP) is 3.36. The van der Waals surface area contributed by atoms with Gasteiger partial charge in [0.2, 0.25) is 5.91 Å². The van der Waals surface area contributed by atoms with E-state index in [-0.39, 0.29) is 17.9 Å². The molecule has 0 saturated heterocycles. The SMILES string of the molecule is Cc1cc([C@H](C)NC(=O)[C@@H](C)NC(=O)c2ccccc2)c(C)s1. The van der Waals surface area contributed by atoms with E-state index in [0.717, 1.165) is 5.56 Å². The summed E-state index contributed by atoms with van der Waals surface area (Å²) in [6, 6.07) is 10.3. The number of amides is 2. The van der Waals surface area contributed by atoms with Gasteiger partial charge in [-0.05, 0) is 51.5 Å². The van der Waals surface area contributed by atoms with Gasteiger partial charge in [0.25, 0.3) is 5.91 Å². The fraction of sp³-hybridized carbons (Fsp3) is 0.333. The second-order valence-corrected chi connectivity index (χ2v) is 7.12. The standard InChI is InChI=1S/C18H22N2O2S/c1-11-10-16(14(4)23-11)12(2)19-17(21)13(3)20-18(22)15-8-6-5-7-9-15/h5-10,12-13H,1-4H3,(H,19,21)(H,20,22)/t12-,13+/m0/s1. The van der Waals surface area contributed by atoms with E-state index in [1.54, 1.807) is 42.5 Å². The summed E-state index contributed by atoms with van der Waals surface area (Å²) in [7, 11) is 0. The molecular formula is C18H22N2O2S. The maximum Gasteiger partial charge on any atom is 0.251 e. The Labute approximate surface area is 140 Å². The highest BCUT2D eigenvalue weighted by Crippen LogP contribution is 2.26. The number of carbonyl (C=O) groups is 2. The summed E-state index contributed by atoms with van der Waals surface area (Å²) in [6.07, 6.45) is 0. The monoisotopic (exact) mass is 330 g/mol. The Bertz CT molecular complexity index is 694. The molecule has 0 fully saturated rings. The van der Waals surface area contributed by atoms with Gasteiger partial charge in [-0.25, -0.2) is 0 Å². The first-order valence-corrected chi connectivity index (χ1v) is 8.43. The highest BCUT2D eigenvalue weighted by atomic mass is 32.1. The number of nitrogens with one attached hydrogen (secondary N) is 2. The van der Waals surface area contributed by atoms with Gasteiger partial charge in [-0.2, -0.15) is 0 Å². The number of hydrogen-bond donors (Lipinski definition) is 2. The van der Waals surface area contributed by atoms with Gasteiger partial charge in [0, 0.05) is 15.3 Å². The van der Waals surface area contributed by atoms with Crippen molar-refractivity contribution >= 4 is 23.2 Å². The number of thiophene rings is 1. The van der Waals surface area contributed by atoms with Crippen molar-refractivity contribution in [2.45, 2.75) is 39.8 Å². The van der Waals surface area contributed by atoms with Gasteiger partial charge < -0.3 is 10.6 Å². The number of aryl methyl sites for hydroxylation is 2. The van der Waals surface area contributed by atoms with Crippen LogP contribution in [-0.4, -0.2) is 17.9 Å². The first-order valence-electron chi connectivity index (χ1n) is 7.61. The fourth-order valence-electron chi connectivity index (χ4n) is 2.43. The molecule has 0 aliphatic carbocycles. The van der Waals surface area contributed by atoms with Gasteiger partial charge in [0.05, 0.1) is 6.04 Å². The molecule has 122 valence electrons. The number of hydrogen-bond acceptors (Lipinski definition) is 3. The van der Waals surface area contributed by atoms with E-state index in [9.17, 15) is 9.59 Å². The maximum atomic E-state index is 12.3. The highest BCUT2D eigenvalue weighted by molar-refractivity contribution is 7.12. The highest BCUT2D eigenvalue weighted by Gasteiger charge is 2.20. The molecule has 2 atom stereocenters. The van der Waals surface area contributed by atoms with E-state index >= 15 is 0 Å². The lowest BCUT2D eigenvalue weighted by Crippen LogP contribution is -2.45. The Kier molecular flexibility index (Phi) is 5.55. The minimum Gasteiger partial charge on any atom is -0.348 e. The van der Waals surface area contributed by atoms with Crippen LogP contribution < -0.4 is 10.6 Å². The Morgan fingerprint density at radius 2 is 1.70 bits per heavy atom. The van der Waals surface area contributed by atoms with Crippen molar-refractivity contribution in [1.29, 1.82) is 0 Å². The first-order chi connectivity index (χ1) is 10.9. The summed E-state index contributed by atoms with van der Waals surface area (Å²) in [4.78, 5) is 26.8. The van der Waals surface area contributed by atoms with Crippen LogP contribution in [0, 0.1) is 13.8 Å². The lowest BCUT2D eigenvalue weighted by molar-refractivity contribution is -0.123. The third kappa shape index (κ3) is 4.42. The Hall–Kier alpha value is -2.14. The summed E-state index contributed by atoms with van der Waals surface area (Å²) in [5.41, 5.74) is 1.67. The smallest absolute Gasteiger partial charge is 0.251 e. The summed E-state index contributed by atoms with van der Waals surface area (Å²) < 4.78 is 0. The zero-order valence-corrected chi connectivity index (χ0v) is 14.7. The molecule has 1 heterocycles. The lowest BCUT2D eigenvalue weighted by Gasteiger charge is -2.18. The molecule has 0 aliphatic heterocycles. The zero-order chi connectivity index (χ0) is 17.0. The van der Waals surface area contributed by atoms with Crippen LogP contribution in [0.4, 0.5) is 0 Å². The molecule has 0 spiro atoms. The molecule has 23 heavy (non-hydrogen) atoms. The summed E-state index contributed by atoms with van der Waals surface area (Å²) in [5, 5.41) is 5.68. The summed E-state index contributed by atoms with van der Waals surface area (Å²) in [5.74, 6) is -0.437. The van der Waals surface area contributed by atoms with E-state index in [1.165, 1.54) is 9.75 Å². The topological polar surface area (TPSA) is 58.2 Å². The Morgan fingerprint density at radius 3 is 2.26 bits per heavy atom. The first kappa shape index (κ1) is 17.2. The number of rotatable bonds is 5. The summed E-state index contributed by atoms with van der Waals surface area (Å²) in [6.45, 7) is 7.75. The average molecular weight is 330 g/mol. The van der Waals surface area contributed by atoms with Crippen LogP contribution >= 0.6 is 11.3 Å². The molecular weight excluding hydrogens is 308 g/mol. The van der Waals surface area contributed by atoms with Crippen LogP contribution in [0.2, 0.25) is 0 Å². The van der Waals surface area contributed by atoms with Crippen molar-refractivity contribution in [2.24, 2.45) is 0 Å². The van der Waals surface area contributed by atoms with Crippen molar-refractivity contribution < 1.29 is 9.59 Å². The third-order valence-electron chi connectivity index (χ3n) is 3.68. The van der Waals surface area contributed by atoms with Gasteiger partial charge in [-0.3, -0.25) is 9.59 Å². The van der Waals surface area contributed by atoms with Gasteiger partial charge >= 0.3 is 0 Å². The minimum absolute atomic E-state index is 0.0801. The molecule has 2 amide bonds. The van der Waals surface area contributed by atoms with E-state index in [1.807, 2.05) is 13.0 Å². The largest absolute Gasteiger partial charge is 0.348 e. The molecule has 4 nitrogen and oxygen atoms in total. The second-order valence-electron chi connectivity index (χ2n) is 5.66. The molecule has 2 aromatic rings. The van der Waals surface area contributed by atoms with Crippen LogP contribution in [0.1, 0.15) is 45.6 Å². The molecule has 0 unspecified atom stereocenters. The maximum absolute atomic E-state index is 12.3. The Morgan fingerprint density at radius 1 is 1.04 bits per heavy atom. The molecule has 2 N–H and O–H groups in total. The van der Waals surface area contributed by atoms with Crippen molar-refractivity contribution in [3.05, 3.63) is 57.3 Å². The van der Waals surface area contributed by atoms with Crippen molar-refractivity contribution in [2.75, 3.05) is 0 Å². The van der Waals surface area contributed by atoms with Crippen molar-refractivity contribution in [3.8, 4) is 0 Å². The molecule has 0 saturated carbocycles. The normalized spacial score (nSPS) is 13.2. The molecule has 1 aromatic carbocycles. The van der Waals surface area contributed by atoms with E-state index in [4.69, 9.17) is 0 Å². The van der Waals surface area contributed by atoms with Gasteiger partial charge in [-0.1, -0.05) is 18.2 Å².